The normalized spacial score (nSPS) is 11.3. The molecule has 0 aliphatic heterocycles. The molecule has 0 spiro atoms. The van der Waals surface area contributed by atoms with E-state index in [9.17, 15) is 22.8 Å². The van der Waals surface area contributed by atoms with E-state index < -0.39 is 24.3 Å². The first kappa shape index (κ1) is 22.5. The summed E-state index contributed by atoms with van der Waals surface area (Å²) >= 11 is 1.00. The predicted octanol–water partition coefficient (Wildman–Crippen LogP) is 4.95. The van der Waals surface area contributed by atoms with E-state index in [1.165, 1.54) is 17.0 Å². The van der Waals surface area contributed by atoms with Crippen molar-refractivity contribution in [2.24, 2.45) is 0 Å². The maximum Gasteiger partial charge on any atom is 0.416 e. The number of hydrogen-bond donors (Lipinski definition) is 0. The second-order valence-electron chi connectivity index (χ2n) is 6.82. The van der Waals surface area contributed by atoms with Crippen molar-refractivity contribution in [2.45, 2.75) is 19.6 Å². The number of alkyl halides is 3. The Morgan fingerprint density at radius 1 is 1.06 bits per heavy atom. The number of aryl methyl sites for hydroxylation is 1. The number of rotatable bonds is 6. The summed E-state index contributed by atoms with van der Waals surface area (Å²) in [5, 5.41) is 0.394. The Labute approximate surface area is 181 Å². The van der Waals surface area contributed by atoms with Crippen molar-refractivity contribution in [3.8, 4) is 10.6 Å². The molecule has 1 aromatic heterocycles. The molecule has 3 rings (SSSR count). The fourth-order valence-corrected chi connectivity index (χ4v) is 3.73. The van der Waals surface area contributed by atoms with E-state index >= 15 is 0 Å². The van der Waals surface area contributed by atoms with Crippen LogP contribution in [0.4, 0.5) is 13.2 Å². The van der Waals surface area contributed by atoms with Crippen LogP contribution >= 0.6 is 11.3 Å². The van der Waals surface area contributed by atoms with E-state index in [4.69, 9.17) is 4.74 Å². The number of nitrogens with zero attached hydrogens (tertiary/aromatic N) is 2. The standard InChI is InChI=1S/C22H19F3N2O3S/c1-14-19(31-20(26-14)16-8-10-17(11-9-16)22(23,24)25)21(29)30-13-18(28)27(2)12-15-6-4-3-5-7-15/h3-11H,12-13H2,1-2H3. The molecule has 0 saturated heterocycles. The molecule has 0 atom stereocenters. The second kappa shape index (κ2) is 9.30. The molecule has 0 saturated carbocycles. The fraction of sp³-hybridized carbons (Fsp3) is 0.227. The number of ether oxygens (including phenoxy) is 1. The van der Waals surface area contributed by atoms with Crippen molar-refractivity contribution < 1.29 is 27.5 Å². The van der Waals surface area contributed by atoms with Crippen molar-refractivity contribution in [1.82, 2.24) is 9.88 Å². The summed E-state index contributed by atoms with van der Waals surface area (Å²) in [5.41, 5.74) is 1.03. The monoisotopic (exact) mass is 448 g/mol. The van der Waals surface area contributed by atoms with E-state index in [1.807, 2.05) is 30.3 Å². The van der Waals surface area contributed by atoms with Crippen LogP contribution in [0.25, 0.3) is 10.6 Å². The average molecular weight is 448 g/mol. The van der Waals surface area contributed by atoms with Crippen molar-refractivity contribution in [3.63, 3.8) is 0 Å². The van der Waals surface area contributed by atoms with Gasteiger partial charge < -0.3 is 9.64 Å². The van der Waals surface area contributed by atoms with Gasteiger partial charge in [0.05, 0.1) is 11.3 Å². The van der Waals surface area contributed by atoms with Gasteiger partial charge in [0.25, 0.3) is 5.91 Å². The minimum absolute atomic E-state index is 0.202. The van der Waals surface area contributed by atoms with Gasteiger partial charge in [0.15, 0.2) is 6.61 Å². The van der Waals surface area contributed by atoms with Gasteiger partial charge in [-0.05, 0) is 24.6 Å². The zero-order valence-corrected chi connectivity index (χ0v) is 17.6. The summed E-state index contributed by atoms with van der Waals surface area (Å²) in [4.78, 5) is 30.6. The minimum atomic E-state index is -4.42. The summed E-state index contributed by atoms with van der Waals surface area (Å²) in [6, 6.07) is 13.9. The van der Waals surface area contributed by atoms with Crippen molar-refractivity contribution in [1.29, 1.82) is 0 Å². The highest BCUT2D eigenvalue weighted by Crippen LogP contribution is 2.33. The Balaban J connectivity index is 1.62. The molecule has 3 aromatic rings. The zero-order valence-electron chi connectivity index (χ0n) is 16.8. The van der Waals surface area contributed by atoms with Gasteiger partial charge in [-0.1, -0.05) is 42.5 Å². The summed E-state index contributed by atoms with van der Waals surface area (Å²) < 4.78 is 43.3. The zero-order chi connectivity index (χ0) is 22.6. The van der Waals surface area contributed by atoms with Crippen molar-refractivity contribution >= 4 is 23.2 Å². The van der Waals surface area contributed by atoms with Gasteiger partial charge in [-0.15, -0.1) is 11.3 Å². The molecule has 0 unspecified atom stereocenters. The summed E-state index contributed by atoms with van der Waals surface area (Å²) in [7, 11) is 1.61. The Morgan fingerprint density at radius 3 is 2.32 bits per heavy atom. The number of carbonyl (C=O) groups is 2. The van der Waals surface area contributed by atoms with Crippen molar-refractivity contribution in [2.75, 3.05) is 13.7 Å². The van der Waals surface area contributed by atoms with Gasteiger partial charge in [-0.25, -0.2) is 9.78 Å². The van der Waals surface area contributed by atoms with Crippen molar-refractivity contribution in [3.05, 3.63) is 76.3 Å². The van der Waals surface area contributed by atoms with E-state index in [0.29, 0.717) is 22.8 Å². The van der Waals surface area contributed by atoms with Gasteiger partial charge in [0.1, 0.15) is 9.88 Å². The maximum atomic E-state index is 12.7. The average Bonchev–Trinajstić information content (AvgIpc) is 3.13. The molecule has 9 heteroatoms. The number of hydrogen-bond acceptors (Lipinski definition) is 5. The number of aromatic nitrogens is 1. The molecule has 2 aromatic carbocycles. The molecule has 0 bridgehead atoms. The first-order valence-corrected chi connectivity index (χ1v) is 10.1. The molecule has 0 aliphatic rings. The van der Waals surface area contributed by atoms with Crippen LogP contribution in [0.1, 0.15) is 26.5 Å². The van der Waals surface area contributed by atoms with Gasteiger partial charge in [-0.2, -0.15) is 13.2 Å². The number of carbonyl (C=O) groups excluding carboxylic acids is 2. The van der Waals surface area contributed by atoms with Gasteiger partial charge in [0, 0.05) is 19.2 Å². The van der Waals surface area contributed by atoms with E-state index in [0.717, 1.165) is 29.0 Å². The van der Waals surface area contributed by atoms with Crippen LogP contribution in [-0.4, -0.2) is 35.4 Å². The lowest BCUT2D eigenvalue weighted by molar-refractivity contribution is -0.137. The maximum absolute atomic E-state index is 12.7. The third-order valence-electron chi connectivity index (χ3n) is 4.46. The van der Waals surface area contributed by atoms with Crippen LogP contribution in [0.3, 0.4) is 0 Å². The highest BCUT2D eigenvalue weighted by Gasteiger charge is 2.30. The molecule has 5 nitrogen and oxygen atoms in total. The first-order valence-electron chi connectivity index (χ1n) is 9.25. The lowest BCUT2D eigenvalue weighted by Crippen LogP contribution is -2.30. The number of benzene rings is 2. The lowest BCUT2D eigenvalue weighted by atomic mass is 10.1. The number of amides is 1. The summed E-state index contributed by atoms with van der Waals surface area (Å²) in [6.45, 7) is 1.56. The second-order valence-corrected chi connectivity index (χ2v) is 7.82. The number of thiazole rings is 1. The summed E-state index contributed by atoms with van der Waals surface area (Å²) in [6.07, 6.45) is -4.42. The van der Waals surface area contributed by atoms with E-state index in [1.54, 1.807) is 14.0 Å². The SMILES string of the molecule is Cc1nc(-c2ccc(C(F)(F)F)cc2)sc1C(=O)OCC(=O)N(C)Cc1ccccc1. The lowest BCUT2D eigenvalue weighted by Gasteiger charge is -2.17. The smallest absolute Gasteiger partial charge is 0.416 e. The highest BCUT2D eigenvalue weighted by molar-refractivity contribution is 7.17. The first-order chi connectivity index (χ1) is 14.6. The van der Waals surface area contributed by atoms with Crippen LogP contribution in [-0.2, 0) is 22.3 Å². The predicted molar refractivity (Wildman–Crippen MR) is 110 cm³/mol. The molecular weight excluding hydrogens is 429 g/mol. The van der Waals surface area contributed by atoms with Crippen LogP contribution in [0.15, 0.2) is 54.6 Å². The largest absolute Gasteiger partial charge is 0.451 e. The fourth-order valence-electron chi connectivity index (χ4n) is 2.76. The van der Waals surface area contributed by atoms with Crippen LogP contribution in [0.5, 0.6) is 0 Å². The Kier molecular flexibility index (Phi) is 6.74. The molecular formula is C22H19F3N2O3S. The summed E-state index contributed by atoms with van der Waals surface area (Å²) in [5.74, 6) is -1.06. The quantitative estimate of drug-likeness (QED) is 0.501. The number of halogens is 3. The molecule has 0 N–H and O–H groups in total. The molecule has 162 valence electrons. The van der Waals surface area contributed by atoms with E-state index in [2.05, 4.69) is 4.98 Å². The minimum Gasteiger partial charge on any atom is -0.451 e. The van der Waals surface area contributed by atoms with Gasteiger partial charge in [0.2, 0.25) is 0 Å². The number of esters is 1. The van der Waals surface area contributed by atoms with Gasteiger partial charge >= 0.3 is 12.1 Å². The molecule has 31 heavy (non-hydrogen) atoms. The highest BCUT2D eigenvalue weighted by atomic mass is 32.1. The molecule has 0 fully saturated rings. The van der Waals surface area contributed by atoms with Crippen LogP contribution < -0.4 is 0 Å². The molecule has 1 heterocycles. The molecule has 1 amide bonds. The molecule has 0 radical (unpaired) electrons. The Bertz CT molecular complexity index is 1060. The Hall–Kier alpha value is -3.20. The number of likely N-dealkylation sites (N-methyl/N-ethyl adjacent to an activating group) is 1. The van der Waals surface area contributed by atoms with E-state index in [-0.39, 0.29) is 10.8 Å². The topological polar surface area (TPSA) is 59.5 Å². The third kappa shape index (κ3) is 5.69. The molecule has 0 aliphatic carbocycles. The van der Waals surface area contributed by atoms with Crippen LogP contribution in [0.2, 0.25) is 0 Å². The third-order valence-corrected chi connectivity index (χ3v) is 5.64. The van der Waals surface area contributed by atoms with Crippen LogP contribution in [0, 0.1) is 6.92 Å². The van der Waals surface area contributed by atoms with Gasteiger partial charge in [-0.3, -0.25) is 4.79 Å². The Morgan fingerprint density at radius 2 is 1.71 bits per heavy atom.